The Bertz CT molecular complexity index is 1230. The van der Waals surface area contributed by atoms with Crippen LogP contribution in [-0.2, 0) is 0 Å². The molecule has 0 saturated heterocycles. The van der Waals surface area contributed by atoms with Crippen LogP contribution in [0.4, 0.5) is 9.18 Å². The molecule has 0 spiro atoms. The van der Waals surface area contributed by atoms with E-state index in [0.29, 0.717) is 16.9 Å². The summed E-state index contributed by atoms with van der Waals surface area (Å²) in [6.07, 6.45) is 2.81. The van der Waals surface area contributed by atoms with Crippen LogP contribution in [0.3, 0.4) is 0 Å². The summed E-state index contributed by atoms with van der Waals surface area (Å²) < 4.78 is 15.7. The molecule has 3 aromatic heterocycles. The third kappa shape index (κ3) is 2.37. The van der Waals surface area contributed by atoms with Crippen molar-refractivity contribution in [3.8, 4) is 11.1 Å². The quantitative estimate of drug-likeness (QED) is 0.573. The molecule has 4 rings (SSSR count). The number of aryl methyl sites for hydroxylation is 1. The molecule has 9 heteroatoms. The zero-order valence-electron chi connectivity index (χ0n) is 13.6. The molecule has 0 unspecified atom stereocenters. The first-order valence-corrected chi connectivity index (χ1v) is 7.68. The molecule has 0 atom stereocenters. The zero-order chi connectivity index (χ0) is 18.4. The van der Waals surface area contributed by atoms with E-state index in [1.54, 1.807) is 22.7 Å². The molecule has 130 valence electrons. The average molecular weight is 352 g/mol. The van der Waals surface area contributed by atoms with Crippen LogP contribution in [0.2, 0.25) is 0 Å². The summed E-state index contributed by atoms with van der Waals surface area (Å²) in [6.45, 7) is 1.81. The number of primary amides is 1. The number of halogens is 1. The molecule has 0 bridgehead atoms. The van der Waals surface area contributed by atoms with Crippen LogP contribution >= 0.6 is 0 Å². The van der Waals surface area contributed by atoms with Gasteiger partial charge < -0.3 is 5.73 Å². The number of hydrogen-bond acceptors (Lipinski definition) is 4. The maximum Gasteiger partial charge on any atom is 0.331 e. The standard InChI is InChI=1S/C17H13FN6O2/c1-9-14(10-2-4-11(18)5-3-10)15-20-8-12-13(24(15)21-9)6-7-23(16(12)25)22-17(19)26/h2-8H,1H3,(H3,19,22,26). The van der Waals surface area contributed by atoms with Gasteiger partial charge in [0.2, 0.25) is 0 Å². The van der Waals surface area contributed by atoms with Gasteiger partial charge in [-0.3, -0.25) is 4.79 Å². The highest BCUT2D eigenvalue weighted by molar-refractivity contribution is 5.87. The van der Waals surface area contributed by atoms with Crippen molar-refractivity contribution in [2.45, 2.75) is 6.92 Å². The molecule has 0 aliphatic rings. The number of benzene rings is 1. The fraction of sp³-hybridized carbons (Fsp3) is 0.0588. The van der Waals surface area contributed by atoms with Crippen molar-refractivity contribution >= 4 is 22.6 Å². The first kappa shape index (κ1) is 15.8. The van der Waals surface area contributed by atoms with Gasteiger partial charge in [0, 0.05) is 18.0 Å². The van der Waals surface area contributed by atoms with Crippen molar-refractivity contribution in [2.24, 2.45) is 5.73 Å². The molecule has 0 aliphatic heterocycles. The number of nitrogens with two attached hydrogens (primary N) is 1. The molecule has 0 radical (unpaired) electrons. The highest BCUT2D eigenvalue weighted by atomic mass is 19.1. The Hall–Kier alpha value is -3.75. The van der Waals surface area contributed by atoms with Crippen molar-refractivity contribution in [2.75, 3.05) is 5.43 Å². The number of amides is 2. The minimum absolute atomic E-state index is 0.266. The van der Waals surface area contributed by atoms with E-state index in [9.17, 15) is 14.0 Å². The van der Waals surface area contributed by atoms with Crippen LogP contribution in [0.25, 0.3) is 27.7 Å². The van der Waals surface area contributed by atoms with Gasteiger partial charge in [-0.1, -0.05) is 12.1 Å². The highest BCUT2D eigenvalue weighted by Gasteiger charge is 2.16. The molecule has 3 N–H and O–H groups in total. The Morgan fingerprint density at radius 1 is 1.23 bits per heavy atom. The molecule has 0 aliphatic carbocycles. The summed E-state index contributed by atoms with van der Waals surface area (Å²) in [5.41, 5.74) is 10.1. The molecule has 4 aromatic rings. The molecule has 26 heavy (non-hydrogen) atoms. The van der Waals surface area contributed by atoms with E-state index in [0.717, 1.165) is 15.8 Å². The molecule has 2 amide bonds. The second-order valence-corrected chi connectivity index (χ2v) is 5.73. The SMILES string of the molecule is Cc1nn2c(ncc3c(=O)n(NC(N)=O)ccc32)c1-c1ccc(F)cc1. The minimum Gasteiger partial charge on any atom is -0.350 e. The number of carbonyl (C=O) groups excluding carboxylic acids is 1. The van der Waals surface area contributed by atoms with Crippen LogP contribution in [-0.4, -0.2) is 25.3 Å². The number of rotatable bonds is 2. The molecular weight excluding hydrogens is 339 g/mol. The van der Waals surface area contributed by atoms with Crippen LogP contribution in [0.5, 0.6) is 0 Å². The van der Waals surface area contributed by atoms with Crippen LogP contribution < -0.4 is 16.7 Å². The number of aromatic nitrogens is 4. The van der Waals surface area contributed by atoms with Crippen molar-refractivity contribution in [1.82, 2.24) is 19.3 Å². The summed E-state index contributed by atoms with van der Waals surface area (Å²) in [6, 6.07) is 6.82. The third-order valence-electron chi connectivity index (χ3n) is 4.05. The minimum atomic E-state index is -0.853. The van der Waals surface area contributed by atoms with Gasteiger partial charge in [0.05, 0.1) is 16.6 Å². The Labute approximate surface area is 145 Å². The summed E-state index contributed by atoms with van der Waals surface area (Å²) in [7, 11) is 0. The number of hydrogen-bond donors (Lipinski definition) is 2. The predicted molar refractivity (Wildman–Crippen MR) is 93.8 cm³/mol. The second-order valence-electron chi connectivity index (χ2n) is 5.73. The first-order valence-electron chi connectivity index (χ1n) is 7.68. The lowest BCUT2D eigenvalue weighted by atomic mass is 10.1. The Balaban J connectivity index is 1.99. The lowest BCUT2D eigenvalue weighted by molar-refractivity contribution is 0.257. The van der Waals surface area contributed by atoms with Crippen molar-refractivity contribution in [3.63, 3.8) is 0 Å². The van der Waals surface area contributed by atoms with Crippen molar-refractivity contribution in [1.29, 1.82) is 0 Å². The fourth-order valence-corrected chi connectivity index (χ4v) is 2.94. The number of urea groups is 1. The molecule has 0 fully saturated rings. The van der Waals surface area contributed by atoms with Gasteiger partial charge in [-0.25, -0.2) is 28.8 Å². The largest absolute Gasteiger partial charge is 0.350 e. The molecular formula is C17H13FN6O2. The Morgan fingerprint density at radius 3 is 2.65 bits per heavy atom. The first-order chi connectivity index (χ1) is 12.5. The lowest BCUT2D eigenvalue weighted by Gasteiger charge is -2.07. The summed E-state index contributed by atoms with van der Waals surface area (Å²) in [5, 5.41) is 4.74. The molecule has 8 nitrogen and oxygen atoms in total. The van der Waals surface area contributed by atoms with Crippen molar-refractivity contribution in [3.05, 3.63) is 64.6 Å². The van der Waals surface area contributed by atoms with Crippen LogP contribution in [0.1, 0.15) is 5.69 Å². The smallest absolute Gasteiger partial charge is 0.331 e. The molecule has 0 saturated carbocycles. The monoisotopic (exact) mass is 352 g/mol. The topological polar surface area (TPSA) is 107 Å². The van der Waals surface area contributed by atoms with E-state index in [4.69, 9.17) is 5.73 Å². The summed E-state index contributed by atoms with van der Waals surface area (Å²) in [5.74, 6) is -0.330. The Morgan fingerprint density at radius 2 is 1.96 bits per heavy atom. The van der Waals surface area contributed by atoms with E-state index >= 15 is 0 Å². The van der Waals surface area contributed by atoms with Gasteiger partial charge in [0.1, 0.15) is 5.82 Å². The van der Waals surface area contributed by atoms with Crippen molar-refractivity contribution < 1.29 is 9.18 Å². The molecule has 1 aromatic carbocycles. The van der Waals surface area contributed by atoms with E-state index in [1.165, 1.54) is 24.5 Å². The number of fused-ring (bicyclic) bond motifs is 3. The third-order valence-corrected chi connectivity index (χ3v) is 4.05. The second kappa shape index (κ2) is 5.66. The highest BCUT2D eigenvalue weighted by Crippen LogP contribution is 2.28. The maximum absolute atomic E-state index is 13.2. The van der Waals surface area contributed by atoms with E-state index in [-0.39, 0.29) is 11.2 Å². The van der Waals surface area contributed by atoms with Gasteiger partial charge in [0.25, 0.3) is 5.56 Å². The lowest BCUT2D eigenvalue weighted by Crippen LogP contribution is -2.35. The van der Waals surface area contributed by atoms with Gasteiger partial charge >= 0.3 is 6.03 Å². The Kier molecular flexibility index (Phi) is 3.43. The van der Waals surface area contributed by atoms with Gasteiger partial charge in [-0.2, -0.15) is 5.10 Å². The van der Waals surface area contributed by atoms with Gasteiger partial charge in [-0.15, -0.1) is 0 Å². The number of pyridine rings is 1. The van der Waals surface area contributed by atoms with E-state index < -0.39 is 11.6 Å². The summed E-state index contributed by atoms with van der Waals surface area (Å²) in [4.78, 5) is 27.8. The maximum atomic E-state index is 13.2. The number of carbonyl (C=O) groups is 1. The van der Waals surface area contributed by atoms with Gasteiger partial charge in [-0.05, 0) is 30.7 Å². The van der Waals surface area contributed by atoms with Crippen LogP contribution in [0.15, 0.2) is 47.5 Å². The van der Waals surface area contributed by atoms with Crippen LogP contribution in [0, 0.1) is 12.7 Å². The van der Waals surface area contributed by atoms with Gasteiger partial charge in [0.15, 0.2) is 5.65 Å². The predicted octanol–water partition coefficient (Wildman–Crippen LogP) is 1.78. The average Bonchev–Trinajstić information content (AvgIpc) is 2.94. The fourth-order valence-electron chi connectivity index (χ4n) is 2.94. The zero-order valence-corrected chi connectivity index (χ0v) is 13.6. The number of nitrogens with one attached hydrogen (secondary N) is 1. The number of nitrogens with zero attached hydrogens (tertiary/aromatic N) is 4. The molecule has 3 heterocycles. The van der Waals surface area contributed by atoms with E-state index in [1.807, 2.05) is 6.92 Å². The summed E-state index contributed by atoms with van der Waals surface area (Å²) >= 11 is 0. The normalized spacial score (nSPS) is 11.2. The van der Waals surface area contributed by atoms with E-state index in [2.05, 4.69) is 15.5 Å².